The fourth-order valence-corrected chi connectivity index (χ4v) is 4.86. The number of methoxy groups -OCH3 is 2. The van der Waals surface area contributed by atoms with Crippen molar-refractivity contribution >= 4 is 16.8 Å². The van der Waals surface area contributed by atoms with Crippen LogP contribution in [0.5, 0.6) is 11.5 Å². The predicted molar refractivity (Wildman–Crippen MR) is 147 cm³/mol. The van der Waals surface area contributed by atoms with Gasteiger partial charge in [0.1, 0.15) is 11.5 Å². The van der Waals surface area contributed by atoms with Crippen LogP contribution in [-0.4, -0.2) is 49.6 Å². The van der Waals surface area contributed by atoms with E-state index in [2.05, 4.69) is 10.3 Å². The number of carbonyl (C=O) groups excluding carboxylic acids is 1. The quantitative estimate of drug-likeness (QED) is 0.270. The molecule has 1 aliphatic rings. The minimum absolute atomic E-state index is 0.153. The first kappa shape index (κ1) is 27.5. The molecule has 208 valence electrons. The van der Waals surface area contributed by atoms with E-state index in [1.165, 1.54) is 12.1 Å². The van der Waals surface area contributed by atoms with E-state index in [0.29, 0.717) is 52.7 Å². The summed E-state index contributed by atoms with van der Waals surface area (Å²) in [5.41, 5.74) is 2.53. The first-order valence-electron chi connectivity index (χ1n) is 13.0. The summed E-state index contributed by atoms with van der Waals surface area (Å²) in [6.45, 7) is 2.82. The predicted octanol–water partition coefficient (Wildman–Crippen LogP) is 6.19. The number of amides is 1. The Morgan fingerprint density at radius 1 is 1.02 bits per heavy atom. The lowest BCUT2D eigenvalue weighted by atomic mass is 9.98. The van der Waals surface area contributed by atoms with Crippen molar-refractivity contribution in [2.75, 3.05) is 33.9 Å². The summed E-state index contributed by atoms with van der Waals surface area (Å²) >= 11 is 0. The molecule has 3 aromatic carbocycles. The molecule has 1 amide bonds. The third-order valence-electron chi connectivity index (χ3n) is 7.30. The molecule has 1 aromatic heterocycles. The highest BCUT2D eigenvalue weighted by atomic mass is 19.4. The maximum atomic E-state index is 13.8. The second-order valence-electron chi connectivity index (χ2n) is 9.89. The number of halogens is 3. The summed E-state index contributed by atoms with van der Waals surface area (Å²) in [4.78, 5) is 20.2. The van der Waals surface area contributed by atoms with Gasteiger partial charge in [-0.1, -0.05) is 30.3 Å². The van der Waals surface area contributed by atoms with E-state index in [1.54, 1.807) is 32.5 Å². The third-order valence-corrected chi connectivity index (χ3v) is 7.30. The van der Waals surface area contributed by atoms with Gasteiger partial charge in [0, 0.05) is 41.9 Å². The average molecular weight is 550 g/mol. The standard InChI is InChI=1S/C31H30F3N3O3/c1-39-26-11-8-23(28(15-26)40-2)19-37(13-12-20-16-35-17-20)30(38)24-14-22-4-3-5-27(29(22)36-18-24)21-6-9-25(10-7-21)31(32,33)34/h3-11,14-15,18,20,35H,12-13,16-17,19H2,1-2H3. The second-order valence-corrected chi connectivity index (χ2v) is 9.89. The highest BCUT2D eigenvalue weighted by Gasteiger charge is 2.30. The molecular formula is C31H30F3N3O3. The molecule has 5 rings (SSSR count). The lowest BCUT2D eigenvalue weighted by Gasteiger charge is -2.31. The highest BCUT2D eigenvalue weighted by molar-refractivity contribution is 6.00. The number of nitrogens with zero attached hydrogens (tertiary/aromatic N) is 2. The lowest BCUT2D eigenvalue weighted by Crippen LogP contribution is -2.44. The van der Waals surface area contributed by atoms with Gasteiger partial charge in [0.25, 0.3) is 5.91 Å². The van der Waals surface area contributed by atoms with Crippen molar-refractivity contribution in [3.05, 3.63) is 89.6 Å². The number of nitrogens with one attached hydrogen (secondary N) is 1. The molecule has 1 fully saturated rings. The summed E-state index contributed by atoms with van der Waals surface area (Å²) in [5, 5.41) is 4.00. The molecule has 1 N–H and O–H groups in total. The Kier molecular flexibility index (Phi) is 7.93. The first-order valence-corrected chi connectivity index (χ1v) is 13.0. The minimum atomic E-state index is -4.40. The van der Waals surface area contributed by atoms with Crippen LogP contribution < -0.4 is 14.8 Å². The van der Waals surface area contributed by atoms with E-state index in [-0.39, 0.29) is 5.91 Å². The summed E-state index contributed by atoms with van der Waals surface area (Å²) in [6.07, 6.45) is -1.99. The molecule has 9 heteroatoms. The molecule has 6 nitrogen and oxygen atoms in total. The van der Waals surface area contributed by atoms with Crippen LogP contribution in [0.2, 0.25) is 0 Å². The van der Waals surface area contributed by atoms with Crippen molar-refractivity contribution in [1.82, 2.24) is 15.2 Å². The van der Waals surface area contributed by atoms with E-state index in [0.717, 1.165) is 42.6 Å². The Morgan fingerprint density at radius 3 is 2.45 bits per heavy atom. The van der Waals surface area contributed by atoms with Gasteiger partial charge in [0.15, 0.2) is 0 Å². The maximum Gasteiger partial charge on any atom is 0.416 e. The normalized spacial score (nSPS) is 13.6. The van der Waals surface area contributed by atoms with Crippen LogP contribution >= 0.6 is 0 Å². The fraction of sp³-hybridized carbons (Fsp3) is 0.290. The van der Waals surface area contributed by atoms with Gasteiger partial charge in [0.2, 0.25) is 0 Å². The summed E-state index contributed by atoms with van der Waals surface area (Å²) < 4.78 is 50.0. The Bertz CT molecular complexity index is 1500. The molecule has 0 atom stereocenters. The van der Waals surface area contributed by atoms with Crippen molar-refractivity contribution in [2.24, 2.45) is 5.92 Å². The van der Waals surface area contributed by atoms with E-state index >= 15 is 0 Å². The third kappa shape index (κ3) is 5.89. The number of hydrogen-bond donors (Lipinski definition) is 1. The summed E-state index contributed by atoms with van der Waals surface area (Å²) in [5.74, 6) is 1.68. The smallest absolute Gasteiger partial charge is 0.416 e. The lowest BCUT2D eigenvalue weighted by molar-refractivity contribution is -0.137. The number of ether oxygens (including phenoxy) is 2. The van der Waals surface area contributed by atoms with Crippen molar-refractivity contribution < 1.29 is 27.4 Å². The molecule has 1 aliphatic heterocycles. The van der Waals surface area contributed by atoms with E-state index < -0.39 is 11.7 Å². The number of pyridine rings is 1. The van der Waals surface area contributed by atoms with Crippen LogP contribution in [0, 0.1) is 5.92 Å². The van der Waals surface area contributed by atoms with Gasteiger partial charge in [-0.25, -0.2) is 0 Å². The van der Waals surface area contributed by atoms with Crippen LogP contribution in [0.1, 0.15) is 27.9 Å². The van der Waals surface area contributed by atoms with Crippen LogP contribution in [0.15, 0.2) is 72.9 Å². The second kappa shape index (κ2) is 11.6. The SMILES string of the molecule is COc1ccc(CN(CCC2CNC2)C(=O)c2cnc3c(-c4ccc(C(F)(F)F)cc4)cccc3c2)c(OC)c1. The van der Waals surface area contributed by atoms with E-state index in [1.807, 2.05) is 35.2 Å². The molecule has 2 heterocycles. The Balaban J connectivity index is 1.44. The van der Waals surface area contributed by atoms with Gasteiger partial charge >= 0.3 is 6.18 Å². The molecule has 0 spiro atoms. The zero-order valence-electron chi connectivity index (χ0n) is 22.3. The van der Waals surface area contributed by atoms with Crippen molar-refractivity contribution in [3.63, 3.8) is 0 Å². The van der Waals surface area contributed by atoms with Gasteiger partial charge in [0.05, 0.1) is 30.9 Å². The first-order chi connectivity index (χ1) is 19.3. The Labute approximate surface area is 230 Å². The number of alkyl halides is 3. The number of carbonyl (C=O) groups is 1. The average Bonchev–Trinajstić information content (AvgIpc) is 2.94. The van der Waals surface area contributed by atoms with Crippen LogP contribution in [-0.2, 0) is 12.7 Å². The molecule has 1 saturated heterocycles. The molecule has 0 unspecified atom stereocenters. The van der Waals surface area contributed by atoms with Crippen LogP contribution in [0.4, 0.5) is 13.2 Å². The number of aromatic nitrogens is 1. The van der Waals surface area contributed by atoms with Crippen molar-refractivity contribution in [3.8, 4) is 22.6 Å². The van der Waals surface area contributed by atoms with E-state index in [4.69, 9.17) is 9.47 Å². The Hall–Kier alpha value is -4.11. The molecule has 40 heavy (non-hydrogen) atoms. The van der Waals surface area contributed by atoms with Gasteiger partial charge in [-0.05, 0) is 61.3 Å². The summed E-state index contributed by atoms with van der Waals surface area (Å²) in [6, 6.07) is 17.8. The van der Waals surface area contributed by atoms with Gasteiger partial charge in [-0.2, -0.15) is 13.2 Å². The monoisotopic (exact) mass is 549 g/mol. The molecule has 0 aliphatic carbocycles. The van der Waals surface area contributed by atoms with Crippen LogP contribution in [0.25, 0.3) is 22.0 Å². The molecule has 0 radical (unpaired) electrons. The number of hydrogen-bond acceptors (Lipinski definition) is 5. The van der Waals surface area contributed by atoms with Crippen molar-refractivity contribution in [1.29, 1.82) is 0 Å². The number of fused-ring (bicyclic) bond motifs is 1. The highest BCUT2D eigenvalue weighted by Crippen LogP contribution is 2.33. The molecule has 0 saturated carbocycles. The topological polar surface area (TPSA) is 63.7 Å². The minimum Gasteiger partial charge on any atom is -0.497 e. The molecular weight excluding hydrogens is 519 g/mol. The molecule has 0 bridgehead atoms. The number of benzene rings is 3. The number of para-hydroxylation sites is 1. The fourth-order valence-electron chi connectivity index (χ4n) is 4.86. The van der Waals surface area contributed by atoms with Gasteiger partial charge in [-0.3, -0.25) is 9.78 Å². The van der Waals surface area contributed by atoms with E-state index in [9.17, 15) is 18.0 Å². The van der Waals surface area contributed by atoms with Gasteiger partial charge < -0.3 is 19.7 Å². The molecule has 4 aromatic rings. The van der Waals surface area contributed by atoms with Gasteiger partial charge in [-0.15, -0.1) is 0 Å². The van der Waals surface area contributed by atoms with Crippen molar-refractivity contribution in [2.45, 2.75) is 19.1 Å². The van der Waals surface area contributed by atoms with Crippen LogP contribution in [0.3, 0.4) is 0 Å². The maximum absolute atomic E-state index is 13.8. The summed E-state index contributed by atoms with van der Waals surface area (Å²) in [7, 11) is 3.18. The zero-order chi connectivity index (χ0) is 28.3. The Morgan fingerprint density at radius 2 is 1.80 bits per heavy atom. The largest absolute Gasteiger partial charge is 0.497 e. The zero-order valence-corrected chi connectivity index (χ0v) is 22.3. The number of rotatable bonds is 9.